The molecule has 0 bridgehead atoms. The van der Waals surface area contributed by atoms with Crippen LogP contribution in [0.4, 0.5) is 0 Å². The van der Waals surface area contributed by atoms with Gasteiger partial charge in [0.05, 0.1) is 0 Å². The van der Waals surface area contributed by atoms with Crippen LogP contribution in [-0.4, -0.2) is 45.0 Å². The molecule has 11 heavy (non-hydrogen) atoms. The third-order valence-electron chi connectivity index (χ3n) is 1.10. The first-order valence-electron chi connectivity index (χ1n) is 2.85. The lowest BCUT2D eigenvalue weighted by Gasteiger charge is -2.15. The standard InChI is InChI=1S/C5H9NO5/c1-3(5(9)10)6(11)2-4(7)8/h3,11H,2H2,1H3,(H,7,8)(H,9,10). The summed E-state index contributed by atoms with van der Waals surface area (Å²) in [5.41, 5.74) is 0. The van der Waals surface area contributed by atoms with E-state index >= 15 is 0 Å². The highest BCUT2D eigenvalue weighted by atomic mass is 16.5. The zero-order valence-electron chi connectivity index (χ0n) is 5.89. The van der Waals surface area contributed by atoms with Crippen molar-refractivity contribution in [1.29, 1.82) is 0 Å². The van der Waals surface area contributed by atoms with Crippen LogP contribution in [0.1, 0.15) is 6.92 Å². The molecular formula is C5H9NO5. The summed E-state index contributed by atoms with van der Waals surface area (Å²) in [6.45, 7) is 0.485. The largest absolute Gasteiger partial charge is 0.480 e. The van der Waals surface area contributed by atoms with E-state index in [0.29, 0.717) is 0 Å². The van der Waals surface area contributed by atoms with Crippen LogP contribution < -0.4 is 0 Å². The maximum atomic E-state index is 10.1. The first kappa shape index (κ1) is 9.86. The van der Waals surface area contributed by atoms with Gasteiger partial charge in [-0.25, -0.2) is 0 Å². The topological polar surface area (TPSA) is 98.1 Å². The monoisotopic (exact) mass is 163 g/mol. The van der Waals surface area contributed by atoms with E-state index in [2.05, 4.69) is 0 Å². The fourth-order valence-electron chi connectivity index (χ4n) is 0.403. The number of hydrogen-bond donors (Lipinski definition) is 3. The molecule has 0 aromatic rings. The Hall–Kier alpha value is -1.14. The van der Waals surface area contributed by atoms with Gasteiger partial charge in [-0.2, -0.15) is 5.06 Å². The number of hydroxylamine groups is 2. The Morgan fingerprint density at radius 2 is 1.91 bits per heavy atom. The average Bonchev–Trinajstić information content (AvgIpc) is 1.84. The van der Waals surface area contributed by atoms with Crippen LogP contribution in [-0.2, 0) is 9.59 Å². The summed E-state index contributed by atoms with van der Waals surface area (Å²) in [5, 5.41) is 25.4. The molecule has 0 heterocycles. The van der Waals surface area contributed by atoms with E-state index in [0.717, 1.165) is 0 Å². The smallest absolute Gasteiger partial charge is 0.323 e. The molecule has 0 spiro atoms. The molecule has 3 N–H and O–H groups in total. The fraction of sp³-hybridized carbons (Fsp3) is 0.600. The number of rotatable bonds is 4. The van der Waals surface area contributed by atoms with Gasteiger partial charge in [-0.1, -0.05) is 0 Å². The van der Waals surface area contributed by atoms with Crippen molar-refractivity contribution >= 4 is 11.9 Å². The van der Waals surface area contributed by atoms with Gasteiger partial charge in [0.25, 0.3) is 0 Å². The highest BCUT2D eigenvalue weighted by Crippen LogP contribution is 1.93. The molecule has 0 fully saturated rings. The molecule has 0 aromatic heterocycles. The van der Waals surface area contributed by atoms with Gasteiger partial charge in [0, 0.05) is 0 Å². The van der Waals surface area contributed by atoms with E-state index in [-0.39, 0.29) is 5.06 Å². The molecule has 6 heteroatoms. The summed E-state index contributed by atoms with van der Waals surface area (Å²) >= 11 is 0. The maximum Gasteiger partial charge on any atom is 0.323 e. The lowest BCUT2D eigenvalue weighted by molar-refractivity contribution is -0.174. The Morgan fingerprint density at radius 3 is 2.18 bits per heavy atom. The molecule has 0 aliphatic carbocycles. The fourth-order valence-corrected chi connectivity index (χ4v) is 0.403. The van der Waals surface area contributed by atoms with Crippen molar-refractivity contribution < 1.29 is 25.0 Å². The summed E-state index contributed by atoms with van der Waals surface area (Å²) in [4.78, 5) is 20.1. The Kier molecular flexibility index (Phi) is 3.49. The van der Waals surface area contributed by atoms with Gasteiger partial charge in [0.2, 0.25) is 0 Å². The number of nitrogens with zero attached hydrogens (tertiary/aromatic N) is 1. The van der Waals surface area contributed by atoms with E-state index in [1.165, 1.54) is 6.92 Å². The minimum absolute atomic E-state index is 0.241. The highest BCUT2D eigenvalue weighted by Gasteiger charge is 2.20. The quantitative estimate of drug-likeness (QED) is 0.471. The number of carboxylic acids is 2. The van der Waals surface area contributed by atoms with Crippen LogP contribution >= 0.6 is 0 Å². The molecule has 1 atom stereocenters. The van der Waals surface area contributed by atoms with E-state index in [9.17, 15) is 9.59 Å². The molecule has 64 valence electrons. The summed E-state index contributed by atoms with van der Waals surface area (Å²) < 4.78 is 0. The summed E-state index contributed by atoms with van der Waals surface area (Å²) in [6, 6.07) is -1.20. The van der Waals surface area contributed by atoms with Crippen molar-refractivity contribution in [1.82, 2.24) is 5.06 Å². The Labute approximate surface area is 62.6 Å². The lowest BCUT2D eigenvalue weighted by atomic mass is 10.3. The molecule has 0 amide bonds. The highest BCUT2D eigenvalue weighted by molar-refractivity contribution is 5.74. The summed E-state index contributed by atoms with van der Waals surface area (Å²) in [5.74, 6) is -2.55. The van der Waals surface area contributed by atoms with Gasteiger partial charge in [0.1, 0.15) is 12.6 Å². The van der Waals surface area contributed by atoms with Gasteiger partial charge in [-0.15, -0.1) is 0 Å². The van der Waals surface area contributed by atoms with Crippen molar-refractivity contribution in [2.24, 2.45) is 0 Å². The summed E-state index contributed by atoms with van der Waals surface area (Å²) in [6.07, 6.45) is 0. The lowest BCUT2D eigenvalue weighted by Crippen LogP contribution is -2.39. The zero-order chi connectivity index (χ0) is 9.02. The third kappa shape index (κ3) is 3.54. The number of hydrogen-bond acceptors (Lipinski definition) is 4. The second-order valence-electron chi connectivity index (χ2n) is 2.01. The van der Waals surface area contributed by atoms with Crippen molar-refractivity contribution in [2.75, 3.05) is 6.54 Å². The second-order valence-corrected chi connectivity index (χ2v) is 2.01. The van der Waals surface area contributed by atoms with Gasteiger partial charge in [0.15, 0.2) is 0 Å². The normalized spacial score (nSPS) is 13.0. The molecule has 0 saturated carbocycles. The number of carboxylic acid groups (broad SMARTS) is 2. The number of carbonyl (C=O) groups is 2. The van der Waals surface area contributed by atoms with Crippen LogP contribution in [0.3, 0.4) is 0 Å². The first-order chi connectivity index (χ1) is 4.95. The van der Waals surface area contributed by atoms with Crippen molar-refractivity contribution in [2.45, 2.75) is 13.0 Å². The van der Waals surface area contributed by atoms with Crippen molar-refractivity contribution in [3.8, 4) is 0 Å². The molecule has 0 radical (unpaired) electrons. The predicted molar refractivity (Wildman–Crippen MR) is 33.2 cm³/mol. The predicted octanol–water partition coefficient (Wildman–Crippen LogP) is -0.765. The molecule has 0 saturated heterocycles. The van der Waals surface area contributed by atoms with Crippen molar-refractivity contribution in [3.63, 3.8) is 0 Å². The van der Waals surface area contributed by atoms with E-state index in [1.54, 1.807) is 0 Å². The molecule has 6 nitrogen and oxygen atoms in total. The molecule has 1 unspecified atom stereocenters. The minimum atomic E-state index is -1.28. The second kappa shape index (κ2) is 3.89. The Balaban J connectivity index is 3.92. The van der Waals surface area contributed by atoms with E-state index < -0.39 is 24.5 Å². The van der Waals surface area contributed by atoms with Crippen LogP contribution in [0.15, 0.2) is 0 Å². The van der Waals surface area contributed by atoms with E-state index in [1.807, 2.05) is 0 Å². The molecule has 0 aliphatic heterocycles. The van der Waals surface area contributed by atoms with Crippen LogP contribution in [0.2, 0.25) is 0 Å². The van der Waals surface area contributed by atoms with Crippen molar-refractivity contribution in [3.05, 3.63) is 0 Å². The molecular weight excluding hydrogens is 154 g/mol. The Bertz CT molecular complexity index is 168. The molecule has 0 rings (SSSR count). The Morgan fingerprint density at radius 1 is 1.45 bits per heavy atom. The van der Waals surface area contributed by atoms with Crippen LogP contribution in [0.5, 0.6) is 0 Å². The first-order valence-corrected chi connectivity index (χ1v) is 2.85. The van der Waals surface area contributed by atoms with Gasteiger partial charge in [-0.05, 0) is 6.92 Å². The minimum Gasteiger partial charge on any atom is -0.480 e. The van der Waals surface area contributed by atoms with Crippen LogP contribution in [0, 0.1) is 0 Å². The van der Waals surface area contributed by atoms with Crippen LogP contribution in [0.25, 0.3) is 0 Å². The van der Waals surface area contributed by atoms with Gasteiger partial charge < -0.3 is 15.4 Å². The SMILES string of the molecule is CC(C(=O)O)N(O)CC(=O)O. The number of aliphatic carboxylic acids is 2. The summed E-state index contributed by atoms with van der Waals surface area (Å²) in [7, 11) is 0. The zero-order valence-corrected chi connectivity index (χ0v) is 5.89. The van der Waals surface area contributed by atoms with Gasteiger partial charge >= 0.3 is 11.9 Å². The maximum absolute atomic E-state index is 10.1. The molecule has 0 aliphatic rings. The third-order valence-corrected chi connectivity index (χ3v) is 1.10. The molecule has 0 aromatic carbocycles. The average molecular weight is 163 g/mol. The van der Waals surface area contributed by atoms with Gasteiger partial charge in [-0.3, -0.25) is 9.59 Å². The van der Waals surface area contributed by atoms with E-state index in [4.69, 9.17) is 15.4 Å².